The summed E-state index contributed by atoms with van der Waals surface area (Å²) in [5, 5.41) is 16.4. The number of nitrogens with one attached hydrogen (secondary N) is 4. The molecule has 4 aliphatic rings. The molecule has 0 spiro atoms. The van der Waals surface area contributed by atoms with Crippen molar-refractivity contribution >= 4 is 27.8 Å². The van der Waals surface area contributed by atoms with Crippen molar-refractivity contribution in [3.8, 4) is 0 Å². The lowest BCUT2D eigenvalue weighted by molar-refractivity contribution is -0.140. The summed E-state index contributed by atoms with van der Waals surface area (Å²) >= 11 is 0. The first-order valence-corrected chi connectivity index (χ1v) is 15.2. The van der Waals surface area contributed by atoms with Crippen molar-refractivity contribution in [2.45, 2.75) is 93.3 Å². The van der Waals surface area contributed by atoms with Gasteiger partial charge < -0.3 is 30.1 Å². The van der Waals surface area contributed by atoms with Gasteiger partial charge in [-0.25, -0.2) is 18.5 Å². The fourth-order valence-corrected chi connectivity index (χ4v) is 6.90. The number of fused-ring (bicyclic) bond motifs is 2. The summed E-state index contributed by atoms with van der Waals surface area (Å²) in [5.74, 6) is -0.899. The van der Waals surface area contributed by atoms with E-state index >= 15 is 0 Å². The van der Waals surface area contributed by atoms with Crippen LogP contribution in [0.1, 0.15) is 64.2 Å². The standard InChI is InChI=1S/C25H41N5O7S/c1-36-14-15-37-24(34)27-19-9-6-4-2-3-5-8-17-16-25(17,23(33)29-38(26,35)18-11-12-18)28-21(31)20-10-7-13-30(20)22(19)32/h5,8,17-20,23,33H,2-4,6-7,9-16H2,1H3,(H,27,34)(H,28,31)(H2,26,29,35)/b8-5-/t17-,19+,20+,23?,25-,38?/m1/s1. The van der Waals surface area contributed by atoms with Crippen molar-refractivity contribution in [3.05, 3.63) is 12.2 Å². The second-order valence-electron chi connectivity index (χ2n) is 10.7. The molecule has 38 heavy (non-hydrogen) atoms. The van der Waals surface area contributed by atoms with E-state index in [4.69, 9.17) is 14.3 Å². The van der Waals surface area contributed by atoms with Crippen LogP contribution in [0.3, 0.4) is 0 Å². The van der Waals surface area contributed by atoms with Crippen LogP contribution in [0.2, 0.25) is 0 Å². The average Bonchev–Trinajstić information content (AvgIpc) is 3.78. The molecule has 2 heterocycles. The van der Waals surface area contributed by atoms with E-state index in [1.54, 1.807) is 0 Å². The minimum atomic E-state index is -3.18. The Morgan fingerprint density at radius 2 is 2.03 bits per heavy atom. The third-order valence-electron chi connectivity index (χ3n) is 7.86. The molecule has 4 rings (SSSR count). The number of aliphatic hydroxyl groups excluding tert-OH is 1. The molecule has 3 fully saturated rings. The number of allylic oxidation sites excluding steroid dienone is 1. The number of rotatable bonds is 8. The van der Waals surface area contributed by atoms with Crippen molar-refractivity contribution in [3.63, 3.8) is 0 Å². The van der Waals surface area contributed by atoms with Crippen molar-refractivity contribution in [1.29, 1.82) is 4.78 Å². The SMILES string of the molecule is COCCOC(=O)N[C@H]1CCCCC/C=C\[C@@H]2C[C@@]2(C(O)NS(=N)(=O)C2CC2)NC(=O)[C@@H]2CCCN2C1=O. The van der Waals surface area contributed by atoms with Crippen molar-refractivity contribution < 1.29 is 33.2 Å². The Kier molecular flexibility index (Phi) is 9.32. The molecule has 3 amide bonds. The molecular formula is C25H41N5O7S. The van der Waals surface area contributed by atoms with E-state index < -0.39 is 45.8 Å². The van der Waals surface area contributed by atoms with E-state index in [0.717, 1.165) is 25.7 Å². The molecule has 2 saturated carbocycles. The largest absolute Gasteiger partial charge is 0.447 e. The van der Waals surface area contributed by atoms with Crippen LogP contribution in [0.15, 0.2) is 12.2 Å². The predicted molar refractivity (Wildman–Crippen MR) is 139 cm³/mol. The summed E-state index contributed by atoms with van der Waals surface area (Å²) < 4.78 is 33.5. The highest BCUT2D eigenvalue weighted by Crippen LogP contribution is 2.47. The molecule has 2 unspecified atom stereocenters. The molecule has 2 aliphatic carbocycles. The van der Waals surface area contributed by atoms with Crippen molar-refractivity contribution in [2.75, 3.05) is 26.9 Å². The van der Waals surface area contributed by atoms with Crippen LogP contribution in [0.25, 0.3) is 0 Å². The topological polar surface area (TPSA) is 170 Å². The minimum Gasteiger partial charge on any atom is -0.447 e. The highest BCUT2D eigenvalue weighted by atomic mass is 32.2. The number of methoxy groups -OCH3 is 1. The average molecular weight is 556 g/mol. The smallest absolute Gasteiger partial charge is 0.407 e. The number of aliphatic hydroxyl groups is 1. The predicted octanol–water partition coefficient (Wildman–Crippen LogP) is 1.15. The zero-order valence-corrected chi connectivity index (χ0v) is 22.8. The van der Waals surface area contributed by atoms with Crippen LogP contribution < -0.4 is 15.4 Å². The van der Waals surface area contributed by atoms with Gasteiger partial charge in [-0.15, -0.1) is 0 Å². The number of hydrogen-bond donors (Lipinski definition) is 5. The van der Waals surface area contributed by atoms with Gasteiger partial charge >= 0.3 is 6.09 Å². The Bertz CT molecular complexity index is 1020. The Morgan fingerprint density at radius 3 is 2.76 bits per heavy atom. The van der Waals surface area contributed by atoms with Gasteiger partial charge in [0.05, 0.1) is 17.4 Å². The number of alkyl carbamates (subject to hydrolysis) is 1. The third-order valence-corrected chi connectivity index (χ3v) is 9.85. The molecule has 0 radical (unpaired) electrons. The summed E-state index contributed by atoms with van der Waals surface area (Å²) in [6.07, 6.45) is 8.53. The molecule has 0 bridgehead atoms. The summed E-state index contributed by atoms with van der Waals surface area (Å²) in [6.45, 7) is 0.690. The highest BCUT2D eigenvalue weighted by molar-refractivity contribution is 7.91. The summed E-state index contributed by atoms with van der Waals surface area (Å²) in [4.78, 5) is 40.9. The molecule has 0 aromatic carbocycles. The van der Waals surface area contributed by atoms with Crippen LogP contribution in [0.5, 0.6) is 0 Å². The fourth-order valence-electron chi connectivity index (χ4n) is 5.36. The van der Waals surface area contributed by atoms with Gasteiger partial charge in [-0.1, -0.05) is 25.0 Å². The normalized spacial score (nSPS) is 33.4. The first-order valence-electron chi connectivity index (χ1n) is 13.6. The third kappa shape index (κ3) is 6.85. The molecule has 6 atom stereocenters. The minimum absolute atomic E-state index is 0.0648. The summed E-state index contributed by atoms with van der Waals surface area (Å²) in [6, 6.07) is -1.57. The monoisotopic (exact) mass is 555 g/mol. The van der Waals surface area contributed by atoms with E-state index in [0.29, 0.717) is 45.1 Å². The number of carbonyl (C=O) groups excluding carboxylic acids is 3. The molecule has 1 saturated heterocycles. The summed E-state index contributed by atoms with van der Waals surface area (Å²) in [7, 11) is -1.68. The highest BCUT2D eigenvalue weighted by Gasteiger charge is 2.60. The maximum atomic E-state index is 13.6. The van der Waals surface area contributed by atoms with E-state index in [1.165, 1.54) is 12.0 Å². The molecular weight excluding hydrogens is 514 g/mol. The molecule has 0 aromatic heterocycles. The van der Waals surface area contributed by atoms with Crippen molar-refractivity contribution in [1.82, 2.24) is 20.3 Å². The van der Waals surface area contributed by atoms with E-state index in [2.05, 4.69) is 15.4 Å². The number of amides is 3. The lowest BCUT2D eigenvalue weighted by Gasteiger charge is -2.32. The Balaban J connectivity index is 1.50. The molecule has 5 N–H and O–H groups in total. The maximum absolute atomic E-state index is 13.6. The van der Waals surface area contributed by atoms with Gasteiger partial charge in [-0.05, 0) is 51.4 Å². The van der Waals surface area contributed by atoms with E-state index in [-0.39, 0.29) is 30.3 Å². The second-order valence-corrected chi connectivity index (χ2v) is 12.8. The van der Waals surface area contributed by atoms with Gasteiger partial charge in [-0.3, -0.25) is 9.59 Å². The first-order chi connectivity index (χ1) is 18.2. The second kappa shape index (κ2) is 12.3. The van der Waals surface area contributed by atoms with Gasteiger partial charge in [0, 0.05) is 19.6 Å². The number of nitrogens with zero attached hydrogens (tertiary/aromatic N) is 1. The fraction of sp³-hybridized carbons (Fsp3) is 0.800. The number of carbonyl (C=O) groups is 3. The van der Waals surface area contributed by atoms with Crippen LogP contribution in [-0.4, -0.2) is 88.1 Å². The van der Waals surface area contributed by atoms with E-state index in [1.807, 2.05) is 12.2 Å². The Morgan fingerprint density at radius 1 is 1.24 bits per heavy atom. The number of ether oxygens (including phenoxy) is 2. The van der Waals surface area contributed by atoms with Crippen molar-refractivity contribution in [2.24, 2.45) is 5.92 Å². The van der Waals surface area contributed by atoms with Crippen LogP contribution in [-0.2, 0) is 29.0 Å². The van der Waals surface area contributed by atoms with Gasteiger partial charge in [0.1, 0.15) is 34.8 Å². The molecule has 12 nitrogen and oxygen atoms in total. The lowest BCUT2D eigenvalue weighted by atomic mass is 10.1. The molecule has 0 aromatic rings. The lowest BCUT2D eigenvalue weighted by Crippen LogP contribution is -2.59. The van der Waals surface area contributed by atoms with Gasteiger partial charge in [-0.2, -0.15) is 0 Å². The zero-order valence-electron chi connectivity index (χ0n) is 22.0. The van der Waals surface area contributed by atoms with Gasteiger partial charge in [0.2, 0.25) is 11.8 Å². The molecule has 2 aliphatic heterocycles. The Hall–Kier alpha value is -2.22. The zero-order chi connectivity index (χ0) is 27.3. The first kappa shape index (κ1) is 28.8. The van der Waals surface area contributed by atoms with Crippen LogP contribution in [0, 0.1) is 10.7 Å². The molecule has 13 heteroatoms. The quantitative estimate of drug-likeness (QED) is 0.170. The van der Waals surface area contributed by atoms with Gasteiger partial charge in [0.25, 0.3) is 0 Å². The van der Waals surface area contributed by atoms with Crippen LogP contribution in [0.4, 0.5) is 4.79 Å². The Labute approximate surface area is 224 Å². The maximum Gasteiger partial charge on any atom is 0.407 e. The van der Waals surface area contributed by atoms with Gasteiger partial charge in [0.15, 0.2) is 0 Å². The molecule has 214 valence electrons. The summed E-state index contributed by atoms with van der Waals surface area (Å²) in [5.41, 5.74) is -1.09. The number of hydrogen-bond acceptors (Lipinski definition) is 8. The van der Waals surface area contributed by atoms with E-state index in [9.17, 15) is 23.7 Å². The van der Waals surface area contributed by atoms with Crippen LogP contribution >= 0.6 is 0 Å².